The Bertz CT molecular complexity index is 539. The van der Waals surface area contributed by atoms with Gasteiger partial charge >= 0.3 is 5.97 Å². The molecular formula is C14H18N2O4S. The molecule has 21 heavy (non-hydrogen) atoms. The zero-order chi connectivity index (χ0) is 15.8. The van der Waals surface area contributed by atoms with Gasteiger partial charge in [0.05, 0.1) is 16.5 Å². The summed E-state index contributed by atoms with van der Waals surface area (Å²) in [4.78, 5) is 36.6. The van der Waals surface area contributed by atoms with Gasteiger partial charge in [0.25, 0.3) is 5.91 Å². The van der Waals surface area contributed by atoms with E-state index in [1.54, 1.807) is 25.1 Å². The van der Waals surface area contributed by atoms with Crippen LogP contribution in [0.1, 0.15) is 23.5 Å². The van der Waals surface area contributed by atoms with Gasteiger partial charge in [0.15, 0.2) is 0 Å². The first kappa shape index (κ1) is 16.9. The molecule has 1 aromatic rings. The molecule has 1 rings (SSSR count). The molecule has 0 saturated carbocycles. The Morgan fingerprint density at radius 1 is 1.43 bits per heavy atom. The van der Waals surface area contributed by atoms with Crippen LogP contribution in [-0.4, -0.2) is 42.4 Å². The number of carbonyl (C=O) groups excluding carboxylic acids is 3. The van der Waals surface area contributed by atoms with Gasteiger partial charge in [-0.25, -0.2) is 0 Å². The Kier molecular flexibility index (Phi) is 6.61. The van der Waals surface area contributed by atoms with E-state index in [-0.39, 0.29) is 31.5 Å². The van der Waals surface area contributed by atoms with Crippen molar-refractivity contribution >= 4 is 34.1 Å². The molecule has 0 radical (unpaired) electrons. The normalized spacial score (nSPS) is 9.81. The van der Waals surface area contributed by atoms with E-state index in [0.29, 0.717) is 9.88 Å². The molecule has 0 saturated heterocycles. The van der Waals surface area contributed by atoms with Crippen LogP contribution in [0.5, 0.6) is 0 Å². The minimum absolute atomic E-state index is 0.133. The maximum absolute atomic E-state index is 12.3. The number of hydrogen-bond acceptors (Lipinski definition) is 5. The van der Waals surface area contributed by atoms with E-state index in [4.69, 9.17) is 4.74 Å². The van der Waals surface area contributed by atoms with E-state index in [2.05, 4.69) is 11.9 Å². The minimum Gasteiger partial charge on any atom is -0.465 e. The second kappa shape index (κ2) is 8.21. The molecule has 0 spiro atoms. The predicted octanol–water partition coefficient (Wildman–Crippen LogP) is 1.90. The van der Waals surface area contributed by atoms with Gasteiger partial charge in [0.1, 0.15) is 6.54 Å². The number of anilines is 1. The van der Waals surface area contributed by atoms with Crippen LogP contribution in [0.3, 0.4) is 0 Å². The molecule has 0 unspecified atom stereocenters. The molecule has 0 aliphatic heterocycles. The number of hydrogen-bond donors (Lipinski definition) is 1. The quantitative estimate of drug-likeness (QED) is 0.616. The van der Waals surface area contributed by atoms with Crippen molar-refractivity contribution in [1.82, 2.24) is 4.90 Å². The van der Waals surface area contributed by atoms with Crippen LogP contribution >= 0.6 is 11.3 Å². The highest BCUT2D eigenvalue weighted by Gasteiger charge is 2.20. The molecule has 0 aliphatic carbocycles. The van der Waals surface area contributed by atoms with Crippen molar-refractivity contribution in [2.24, 2.45) is 0 Å². The third-order valence-corrected chi connectivity index (χ3v) is 3.37. The van der Waals surface area contributed by atoms with Crippen LogP contribution in [0.4, 0.5) is 5.00 Å². The molecule has 0 aliphatic rings. The maximum atomic E-state index is 12.3. The number of carbonyl (C=O) groups is 3. The third-order valence-electron chi connectivity index (χ3n) is 2.38. The van der Waals surface area contributed by atoms with Crippen molar-refractivity contribution in [3.05, 3.63) is 29.7 Å². The van der Waals surface area contributed by atoms with Crippen LogP contribution in [0, 0.1) is 0 Å². The van der Waals surface area contributed by atoms with Gasteiger partial charge in [-0.05, 0) is 19.1 Å². The van der Waals surface area contributed by atoms with E-state index >= 15 is 0 Å². The average Bonchev–Trinajstić information content (AvgIpc) is 2.85. The summed E-state index contributed by atoms with van der Waals surface area (Å²) in [5, 5.41) is 3.19. The maximum Gasteiger partial charge on any atom is 0.325 e. The predicted molar refractivity (Wildman–Crippen MR) is 81.4 cm³/mol. The summed E-state index contributed by atoms with van der Waals surface area (Å²) in [6.07, 6.45) is 1.54. The lowest BCUT2D eigenvalue weighted by atomic mass is 10.3. The molecule has 1 N–H and O–H groups in total. The number of ether oxygens (including phenoxy) is 1. The Morgan fingerprint density at radius 2 is 2.14 bits per heavy atom. The lowest BCUT2D eigenvalue weighted by Crippen LogP contribution is -2.36. The molecule has 0 aromatic carbocycles. The van der Waals surface area contributed by atoms with Gasteiger partial charge in [0, 0.05) is 13.5 Å². The van der Waals surface area contributed by atoms with Crippen LogP contribution in [0.2, 0.25) is 0 Å². The molecule has 6 nitrogen and oxygen atoms in total. The monoisotopic (exact) mass is 310 g/mol. The Balaban J connectivity index is 2.79. The molecule has 1 heterocycles. The van der Waals surface area contributed by atoms with Crippen molar-refractivity contribution in [2.45, 2.75) is 13.8 Å². The van der Waals surface area contributed by atoms with Crippen molar-refractivity contribution in [3.8, 4) is 0 Å². The summed E-state index contributed by atoms with van der Waals surface area (Å²) in [7, 11) is 0. The van der Waals surface area contributed by atoms with E-state index < -0.39 is 5.97 Å². The summed E-state index contributed by atoms with van der Waals surface area (Å²) >= 11 is 1.15. The van der Waals surface area contributed by atoms with Crippen LogP contribution < -0.4 is 5.32 Å². The minimum atomic E-state index is -0.466. The Labute approximate surface area is 127 Å². The summed E-state index contributed by atoms with van der Waals surface area (Å²) in [6, 6.07) is 3.26. The lowest BCUT2D eigenvalue weighted by Gasteiger charge is -2.19. The number of nitrogens with zero attached hydrogens (tertiary/aromatic N) is 1. The van der Waals surface area contributed by atoms with Gasteiger partial charge in [0.2, 0.25) is 5.91 Å². The first-order valence-corrected chi connectivity index (χ1v) is 7.22. The van der Waals surface area contributed by atoms with E-state index in [1.807, 2.05) is 0 Å². The van der Waals surface area contributed by atoms with Crippen LogP contribution in [0.25, 0.3) is 0 Å². The summed E-state index contributed by atoms with van der Waals surface area (Å²) < 4.78 is 4.84. The molecule has 1 aromatic heterocycles. The van der Waals surface area contributed by atoms with E-state index in [1.165, 1.54) is 11.8 Å². The van der Waals surface area contributed by atoms with E-state index in [0.717, 1.165) is 11.3 Å². The molecule has 0 fully saturated rings. The second-order valence-corrected chi connectivity index (χ2v) is 5.21. The lowest BCUT2D eigenvalue weighted by molar-refractivity contribution is -0.143. The number of rotatable bonds is 7. The van der Waals surface area contributed by atoms with Crippen molar-refractivity contribution < 1.29 is 19.1 Å². The van der Waals surface area contributed by atoms with Crippen LogP contribution in [-0.2, 0) is 14.3 Å². The number of nitrogens with one attached hydrogen (secondary N) is 1. The van der Waals surface area contributed by atoms with Gasteiger partial charge in [-0.3, -0.25) is 14.4 Å². The molecule has 0 bridgehead atoms. The fourth-order valence-electron chi connectivity index (χ4n) is 1.59. The average molecular weight is 310 g/mol. The smallest absolute Gasteiger partial charge is 0.325 e. The number of esters is 1. The topological polar surface area (TPSA) is 75.7 Å². The fraction of sp³-hybridized carbons (Fsp3) is 0.357. The Hall–Kier alpha value is -2.15. The molecule has 7 heteroatoms. The van der Waals surface area contributed by atoms with E-state index in [9.17, 15) is 14.4 Å². The standard InChI is InChI=1S/C14H18N2O4S/c1-4-8-16(9-13(18)20-5-2)14(19)11-6-7-12(21-11)15-10(3)17/h4,6-7H,1,5,8-9H2,2-3H3,(H,15,17). The molecule has 114 valence electrons. The summed E-state index contributed by atoms with van der Waals surface area (Å²) in [5.74, 6) is -0.971. The SMILES string of the molecule is C=CCN(CC(=O)OCC)C(=O)c1ccc(NC(C)=O)s1. The van der Waals surface area contributed by atoms with Crippen molar-refractivity contribution in [3.63, 3.8) is 0 Å². The number of amides is 2. The highest BCUT2D eigenvalue weighted by molar-refractivity contribution is 7.18. The first-order valence-electron chi connectivity index (χ1n) is 6.41. The van der Waals surface area contributed by atoms with Crippen molar-refractivity contribution in [1.29, 1.82) is 0 Å². The third kappa shape index (κ3) is 5.39. The Morgan fingerprint density at radius 3 is 2.71 bits per heavy atom. The van der Waals surface area contributed by atoms with Gasteiger partial charge in [-0.2, -0.15) is 0 Å². The van der Waals surface area contributed by atoms with Gasteiger partial charge < -0.3 is 15.0 Å². The molecular weight excluding hydrogens is 292 g/mol. The highest BCUT2D eigenvalue weighted by atomic mass is 32.1. The second-order valence-electron chi connectivity index (χ2n) is 4.12. The highest BCUT2D eigenvalue weighted by Crippen LogP contribution is 2.23. The van der Waals surface area contributed by atoms with Crippen molar-refractivity contribution in [2.75, 3.05) is 25.0 Å². The van der Waals surface area contributed by atoms with Gasteiger partial charge in [-0.1, -0.05) is 6.08 Å². The zero-order valence-corrected chi connectivity index (χ0v) is 12.9. The fourth-order valence-corrected chi connectivity index (χ4v) is 2.51. The van der Waals surface area contributed by atoms with Crippen LogP contribution in [0.15, 0.2) is 24.8 Å². The summed E-state index contributed by atoms with van der Waals surface area (Å²) in [6.45, 7) is 7.05. The zero-order valence-electron chi connectivity index (χ0n) is 12.0. The summed E-state index contributed by atoms with van der Waals surface area (Å²) in [5.41, 5.74) is 0. The largest absolute Gasteiger partial charge is 0.465 e. The van der Waals surface area contributed by atoms with Gasteiger partial charge in [-0.15, -0.1) is 17.9 Å². The molecule has 0 atom stereocenters. The number of thiophene rings is 1. The molecule has 2 amide bonds. The first-order chi connectivity index (χ1) is 9.97.